The molecule has 2 aromatic carbocycles. The smallest absolute Gasteiger partial charge is 0.118 e. The predicted molar refractivity (Wildman–Crippen MR) is 104 cm³/mol. The first kappa shape index (κ1) is 17.6. The molecule has 132 valence electrons. The summed E-state index contributed by atoms with van der Waals surface area (Å²) in [5.41, 5.74) is 5.03. The quantitative estimate of drug-likeness (QED) is 0.618. The standard InChI is InChI=1S/C23H28O2/c1-2-3-4-5-21-16-20(12-15-23(21)25)19-8-6-17(7-9-19)18-10-13-22(24)14-11-18/h8,10-17,24-25H,2-7,9H2,1H3. The number of unbranched alkanes of at least 4 members (excludes halogenated alkanes) is 2. The number of aryl methyl sites for hydroxylation is 1. The molecular weight excluding hydrogens is 308 g/mol. The van der Waals surface area contributed by atoms with Crippen molar-refractivity contribution in [1.29, 1.82) is 0 Å². The molecule has 0 radical (unpaired) electrons. The summed E-state index contributed by atoms with van der Waals surface area (Å²) in [6.07, 6.45) is 10.1. The molecule has 2 heteroatoms. The van der Waals surface area contributed by atoms with Crippen molar-refractivity contribution in [2.45, 2.75) is 57.8 Å². The van der Waals surface area contributed by atoms with Crippen LogP contribution in [0.1, 0.15) is 68.1 Å². The number of allylic oxidation sites excluding steroid dienone is 2. The van der Waals surface area contributed by atoms with Crippen molar-refractivity contribution in [1.82, 2.24) is 0 Å². The molecule has 2 aromatic rings. The van der Waals surface area contributed by atoms with Gasteiger partial charge in [0.15, 0.2) is 0 Å². The fraction of sp³-hybridized carbons (Fsp3) is 0.391. The van der Waals surface area contributed by atoms with Crippen molar-refractivity contribution in [3.63, 3.8) is 0 Å². The van der Waals surface area contributed by atoms with Crippen LogP contribution in [0.4, 0.5) is 0 Å². The van der Waals surface area contributed by atoms with Crippen LogP contribution in [0.25, 0.3) is 5.57 Å². The van der Waals surface area contributed by atoms with E-state index >= 15 is 0 Å². The van der Waals surface area contributed by atoms with Gasteiger partial charge in [-0.3, -0.25) is 0 Å². The third-order valence-corrected chi connectivity index (χ3v) is 5.28. The summed E-state index contributed by atoms with van der Waals surface area (Å²) in [7, 11) is 0. The highest BCUT2D eigenvalue weighted by molar-refractivity contribution is 5.68. The van der Waals surface area contributed by atoms with E-state index in [1.807, 2.05) is 24.3 Å². The number of hydrogen-bond donors (Lipinski definition) is 2. The molecule has 1 atom stereocenters. The number of aromatic hydroxyl groups is 2. The monoisotopic (exact) mass is 336 g/mol. The molecule has 0 aliphatic heterocycles. The lowest BCUT2D eigenvalue weighted by atomic mass is 9.82. The maximum absolute atomic E-state index is 10.1. The third-order valence-electron chi connectivity index (χ3n) is 5.28. The molecule has 1 aliphatic rings. The summed E-state index contributed by atoms with van der Waals surface area (Å²) in [5, 5.41) is 19.5. The molecule has 0 spiro atoms. The van der Waals surface area contributed by atoms with Crippen molar-refractivity contribution in [3.8, 4) is 11.5 Å². The summed E-state index contributed by atoms with van der Waals surface area (Å²) >= 11 is 0. The fourth-order valence-electron chi connectivity index (χ4n) is 3.70. The Balaban J connectivity index is 1.70. The Morgan fingerprint density at radius 3 is 2.48 bits per heavy atom. The molecule has 1 aliphatic carbocycles. The minimum absolute atomic E-state index is 0.329. The maximum atomic E-state index is 10.1. The number of phenolic OH excluding ortho intramolecular Hbond substituents is 2. The number of benzene rings is 2. The summed E-state index contributed by atoms with van der Waals surface area (Å²) in [5.74, 6) is 1.29. The van der Waals surface area contributed by atoms with Crippen LogP contribution >= 0.6 is 0 Å². The Morgan fingerprint density at radius 1 is 1.00 bits per heavy atom. The Kier molecular flexibility index (Phi) is 5.80. The molecule has 0 aromatic heterocycles. The fourth-order valence-corrected chi connectivity index (χ4v) is 3.70. The van der Waals surface area contributed by atoms with Crippen molar-refractivity contribution < 1.29 is 10.2 Å². The van der Waals surface area contributed by atoms with E-state index in [0.717, 1.165) is 37.7 Å². The van der Waals surface area contributed by atoms with Crippen LogP contribution < -0.4 is 0 Å². The molecule has 1 unspecified atom stereocenters. The number of rotatable bonds is 6. The van der Waals surface area contributed by atoms with Gasteiger partial charge < -0.3 is 10.2 Å². The van der Waals surface area contributed by atoms with Gasteiger partial charge in [0.2, 0.25) is 0 Å². The summed E-state index contributed by atoms with van der Waals surface area (Å²) in [4.78, 5) is 0. The van der Waals surface area contributed by atoms with E-state index < -0.39 is 0 Å². The molecule has 0 heterocycles. The second-order valence-electron chi connectivity index (χ2n) is 7.09. The SMILES string of the molecule is CCCCCc1cc(C2=CCC(c3ccc(O)cc3)CC2)ccc1O. The molecule has 0 saturated heterocycles. The summed E-state index contributed by atoms with van der Waals surface area (Å²) < 4.78 is 0. The van der Waals surface area contributed by atoms with Crippen LogP contribution in [-0.2, 0) is 6.42 Å². The second-order valence-corrected chi connectivity index (χ2v) is 7.09. The van der Waals surface area contributed by atoms with Crippen LogP contribution in [0.2, 0.25) is 0 Å². The van der Waals surface area contributed by atoms with E-state index in [0.29, 0.717) is 17.4 Å². The lowest BCUT2D eigenvalue weighted by Gasteiger charge is -2.23. The van der Waals surface area contributed by atoms with Gasteiger partial charge in [-0.15, -0.1) is 0 Å². The van der Waals surface area contributed by atoms with Crippen molar-refractivity contribution in [2.75, 3.05) is 0 Å². The average molecular weight is 336 g/mol. The first-order chi connectivity index (χ1) is 12.2. The average Bonchev–Trinajstić information content (AvgIpc) is 2.64. The molecule has 0 fully saturated rings. The van der Waals surface area contributed by atoms with Crippen LogP contribution in [0, 0.1) is 0 Å². The first-order valence-electron chi connectivity index (χ1n) is 9.47. The van der Waals surface area contributed by atoms with Gasteiger partial charge in [0, 0.05) is 0 Å². The van der Waals surface area contributed by atoms with E-state index in [9.17, 15) is 10.2 Å². The summed E-state index contributed by atoms with van der Waals surface area (Å²) in [6.45, 7) is 2.20. The second kappa shape index (κ2) is 8.24. The molecule has 25 heavy (non-hydrogen) atoms. The normalized spacial score (nSPS) is 17.3. The van der Waals surface area contributed by atoms with Crippen LogP contribution in [0.5, 0.6) is 11.5 Å². The highest BCUT2D eigenvalue weighted by atomic mass is 16.3. The van der Waals surface area contributed by atoms with Gasteiger partial charge in [-0.1, -0.05) is 44.0 Å². The molecule has 2 N–H and O–H groups in total. The van der Waals surface area contributed by atoms with Crippen LogP contribution in [-0.4, -0.2) is 10.2 Å². The highest BCUT2D eigenvalue weighted by Gasteiger charge is 2.17. The van der Waals surface area contributed by atoms with E-state index in [-0.39, 0.29) is 0 Å². The van der Waals surface area contributed by atoms with E-state index in [2.05, 4.69) is 19.1 Å². The molecule has 0 amide bonds. The van der Waals surface area contributed by atoms with Gasteiger partial charge in [-0.25, -0.2) is 0 Å². The first-order valence-corrected chi connectivity index (χ1v) is 9.47. The lowest BCUT2D eigenvalue weighted by Crippen LogP contribution is -2.04. The van der Waals surface area contributed by atoms with Crippen molar-refractivity contribution >= 4 is 5.57 Å². The minimum atomic E-state index is 0.329. The molecule has 2 nitrogen and oxygen atoms in total. The Bertz CT molecular complexity index is 728. The van der Waals surface area contributed by atoms with Gasteiger partial charge in [-0.2, -0.15) is 0 Å². The van der Waals surface area contributed by atoms with Gasteiger partial charge in [-0.05, 0) is 84.6 Å². The number of phenols is 2. The number of hydrogen-bond acceptors (Lipinski definition) is 2. The van der Waals surface area contributed by atoms with Crippen molar-refractivity contribution in [3.05, 3.63) is 65.2 Å². The largest absolute Gasteiger partial charge is 0.508 e. The minimum Gasteiger partial charge on any atom is -0.508 e. The Labute approximate surface area is 150 Å². The van der Waals surface area contributed by atoms with Crippen LogP contribution in [0.3, 0.4) is 0 Å². The van der Waals surface area contributed by atoms with Gasteiger partial charge in [0.05, 0.1) is 0 Å². The lowest BCUT2D eigenvalue weighted by molar-refractivity contribution is 0.466. The summed E-state index contributed by atoms with van der Waals surface area (Å²) in [6, 6.07) is 13.7. The highest BCUT2D eigenvalue weighted by Crippen LogP contribution is 2.37. The molecule has 0 bridgehead atoms. The molecule has 3 rings (SSSR count). The van der Waals surface area contributed by atoms with Gasteiger partial charge in [0.25, 0.3) is 0 Å². The van der Waals surface area contributed by atoms with E-state index in [1.54, 1.807) is 12.1 Å². The van der Waals surface area contributed by atoms with E-state index in [4.69, 9.17) is 0 Å². The maximum Gasteiger partial charge on any atom is 0.118 e. The zero-order chi connectivity index (χ0) is 17.6. The van der Waals surface area contributed by atoms with Gasteiger partial charge in [0.1, 0.15) is 11.5 Å². The van der Waals surface area contributed by atoms with Crippen molar-refractivity contribution in [2.24, 2.45) is 0 Å². The topological polar surface area (TPSA) is 40.5 Å². The molecule has 0 saturated carbocycles. The Hall–Kier alpha value is -2.22. The zero-order valence-corrected chi connectivity index (χ0v) is 15.0. The zero-order valence-electron chi connectivity index (χ0n) is 15.0. The predicted octanol–water partition coefficient (Wildman–Crippen LogP) is 6.18. The van der Waals surface area contributed by atoms with Crippen LogP contribution in [0.15, 0.2) is 48.5 Å². The van der Waals surface area contributed by atoms with E-state index in [1.165, 1.54) is 29.5 Å². The Morgan fingerprint density at radius 2 is 1.80 bits per heavy atom. The third kappa shape index (κ3) is 4.45. The molecular formula is C23H28O2. The van der Waals surface area contributed by atoms with Gasteiger partial charge >= 0.3 is 0 Å².